The lowest BCUT2D eigenvalue weighted by molar-refractivity contribution is -0.125. The average Bonchev–Trinajstić information content (AvgIpc) is 3.14. The number of carbonyl (C=O) groups is 1. The van der Waals surface area contributed by atoms with Crippen LogP contribution in [0.15, 0.2) is 94.2 Å². The highest BCUT2D eigenvalue weighted by Crippen LogP contribution is 2.28. The van der Waals surface area contributed by atoms with E-state index in [-0.39, 0.29) is 16.9 Å². The molecule has 1 saturated heterocycles. The number of hydrogen-bond donors (Lipinski definition) is 2. The van der Waals surface area contributed by atoms with Crippen LogP contribution in [0.2, 0.25) is 5.02 Å². The Balaban J connectivity index is 1.53. The molecule has 4 rings (SSSR count). The topological polar surface area (TPSA) is 102 Å². The lowest BCUT2D eigenvalue weighted by Gasteiger charge is -2.11. The summed E-state index contributed by atoms with van der Waals surface area (Å²) in [7, 11) is 1.59. The van der Waals surface area contributed by atoms with Crippen molar-refractivity contribution in [3.8, 4) is 5.75 Å². The standard InChI is InChI=1S/C24H21ClN6O2S/c1-33-20-13-11-19(12-14-20)28-29-22(16-5-3-2-4-6-16)30-31-23(32)21(34-24(31)26)15-27-18-9-7-17(25)8-10-18/h2-14,21,26-27H,15H2,1H3/b26-24?,29-28?,30-22-. The maximum absolute atomic E-state index is 13.0. The van der Waals surface area contributed by atoms with Crippen molar-refractivity contribution in [3.05, 3.63) is 89.4 Å². The second-order valence-corrected chi connectivity index (χ2v) is 8.77. The van der Waals surface area contributed by atoms with Gasteiger partial charge in [-0.05, 0) is 48.5 Å². The molecule has 0 radical (unpaired) electrons. The molecule has 0 aliphatic carbocycles. The van der Waals surface area contributed by atoms with Crippen LogP contribution < -0.4 is 10.1 Å². The molecule has 10 heteroatoms. The fourth-order valence-corrected chi connectivity index (χ4v) is 4.04. The number of ether oxygens (including phenoxy) is 1. The summed E-state index contributed by atoms with van der Waals surface area (Å²) in [5, 5.41) is 25.7. The molecular formula is C24H21ClN6O2S. The van der Waals surface area contributed by atoms with Gasteiger partial charge >= 0.3 is 0 Å². The average molecular weight is 493 g/mol. The predicted octanol–water partition coefficient (Wildman–Crippen LogP) is 5.78. The van der Waals surface area contributed by atoms with E-state index in [1.807, 2.05) is 42.5 Å². The summed E-state index contributed by atoms with van der Waals surface area (Å²) in [6.45, 7) is 0.341. The van der Waals surface area contributed by atoms with Gasteiger partial charge < -0.3 is 10.1 Å². The number of nitrogens with zero attached hydrogens (tertiary/aromatic N) is 4. The van der Waals surface area contributed by atoms with Crippen molar-refractivity contribution in [2.75, 3.05) is 19.0 Å². The maximum Gasteiger partial charge on any atom is 0.264 e. The minimum absolute atomic E-state index is 0.0287. The van der Waals surface area contributed by atoms with Crippen molar-refractivity contribution in [2.45, 2.75) is 5.25 Å². The SMILES string of the molecule is COc1ccc(N=N/C(=N\N2C(=N)SC(CNc3ccc(Cl)cc3)C2=O)c2ccccc2)cc1. The second kappa shape index (κ2) is 11.0. The van der Waals surface area contributed by atoms with E-state index in [0.29, 0.717) is 28.6 Å². The van der Waals surface area contributed by atoms with Gasteiger partial charge in [-0.25, -0.2) is 0 Å². The first kappa shape index (κ1) is 23.5. The van der Waals surface area contributed by atoms with Crippen LogP contribution in [0.5, 0.6) is 5.75 Å². The largest absolute Gasteiger partial charge is 0.497 e. The zero-order chi connectivity index (χ0) is 23.9. The molecule has 172 valence electrons. The Kier molecular flexibility index (Phi) is 7.56. The van der Waals surface area contributed by atoms with Crippen molar-refractivity contribution >= 4 is 51.6 Å². The molecule has 0 spiro atoms. The number of methoxy groups -OCH3 is 1. The van der Waals surface area contributed by atoms with Crippen molar-refractivity contribution < 1.29 is 9.53 Å². The summed E-state index contributed by atoms with van der Waals surface area (Å²) in [4.78, 5) is 13.0. The molecule has 1 aliphatic heterocycles. The molecule has 0 saturated carbocycles. The zero-order valence-electron chi connectivity index (χ0n) is 18.2. The second-order valence-electron chi connectivity index (χ2n) is 7.14. The van der Waals surface area contributed by atoms with E-state index in [1.54, 1.807) is 43.5 Å². The van der Waals surface area contributed by atoms with Gasteiger partial charge in [0.2, 0.25) is 5.84 Å². The number of rotatable bonds is 7. The number of anilines is 1. The number of hydrazone groups is 1. The van der Waals surface area contributed by atoms with Gasteiger partial charge in [0, 0.05) is 22.8 Å². The molecule has 1 fully saturated rings. The number of amides is 1. The minimum atomic E-state index is -0.498. The van der Waals surface area contributed by atoms with Crippen LogP contribution >= 0.6 is 23.4 Å². The molecule has 8 nitrogen and oxygen atoms in total. The molecule has 0 bridgehead atoms. The van der Waals surface area contributed by atoms with Gasteiger partial charge in [-0.2, -0.15) is 5.01 Å². The Morgan fingerprint density at radius 3 is 2.47 bits per heavy atom. The fraction of sp³-hybridized carbons (Fsp3) is 0.125. The van der Waals surface area contributed by atoms with Crippen LogP contribution in [0.25, 0.3) is 0 Å². The van der Waals surface area contributed by atoms with Crippen molar-refractivity contribution in [1.82, 2.24) is 5.01 Å². The first-order chi connectivity index (χ1) is 16.5. The highest BCUT2D eigenvalue weighted by molar-refractivity contribution is 8.15. The number of hydrogen-bond acceptors (Lipinski definition) is 7. The van der Waals surface area contributed by atoms with Crippen LogP contribution in [-0.4, -0.2) is 40.8 Å². The van der Waals surface area contributed by atoms with E-state index in [4.69, 9.17) is 21.7 Å². The smallest absolute Gasteiger partial charge is 0.264 e. The van der Waals surface area contributed by atoms with Crippen molar-refractivity contribution in [3.63, 3.8) is 0 Å². The van der Waals surface area contributed by atoms with Gasteiger partial charge in [0.15, 0.2) is 5.17 Å². The number of halogens is 1. The summed E-state index contributed by atoms with van der Waals surface area (Å²) < 4.78 is 5.16. The molecule has 34 heavy (non-hydrogen) atoms. The molecular weight excluding hydrogens is 472 g/mol. The van der Waals surface area contributed by atoms with Gasteiger partial charge in [-0.15, -0.1) is 15.3 Å². The molecule has 1 unspecified atom stereocenters. The highest BCUT2D eigenvalue weighted by Gasteiger charge is 2.37. The van der Waals surface area contributed by atoms with Crippen molar-refractivity contribution in [2.24, 2.45) is 15.3 Å². The monoisotopic (exact) mass is 492 g/mol. The van der Waals surface area contributed by atoms with Gasteiger partial charge in [-0.1, -0.05) is 53.7 Å². The number of azo groups is 1. The molecule has 1 atom stereocenters. The third-order valence-electron chi connectivity index (χ3n) is 4.83. The van der Waals surface area contributed by atoms with E-state index in [9.17, 15) is 4.79 Å². The summed E-state index contributed by atoms with van der Waals surface area (Å²) in [5.41, 5.74) is 2.12. The third-order valence-corrected chi connectivity index (χ3v) is 6.13. The number of carbonyl (C=O) groups excluding carboxylic acids is 1. The van der Waals surface area contributed by atoms with Crippen LogP contribution in [0.1, 0.15) is 5.56 Å². The Morgan fingerprint density at radius 2 is 1.79 bits per heavy atom. The van der Waals surface area contributed by atoms with Gasteiger partial charge in [0.05, 0.1) is 12.8 Å². The summed E-state index contributed by atoms with van der Waals surface area (Å²) in [6.07, 6.45) is 0. The Labute approximate surface area is 206 Å². The zero-order valence-corrected chi connectivity index (χ0v) is 19.8. The van der Waals surface area contributed by atoms with Gasteiger partial charge in [-0.3, -0.25) is 10.2 Å². The number of amidine groups is 2. The first-order valence-corrected chi connectivity index (χ1v) is 11.6. The molecule has 2 N–H and O–H groups in total. The minimum Gasteiger partial charge on any atom is -0.497 e. The molecule has 3 aromatic rings. The highest BCUT2D eigenvalue weighted by atomic mass is 35.5. The Bertz CT molecular complexity index is 1220. The van der Waals surface area contributed by atoms with Crippen LogP contribution in [0, 0.1) is 5.41 Å². The molecule has 1 heterocycles. The quantitative estimate of drug-likeness (QED) is 0.247. The van der Waals surface area contributed by atoms with E-state index in [0.717, 1.165) is 22.5 Å². The number of nitrogens with one attached hydrogen (secondary N) is 2. The summed E-state index contributed by atoms with van der Waals surface area (Å²) >= 11 is 7.06. The normalized spacial score (nSPS) is 16.4. The first-order valence-electron chi connectivity index (χ1n) is 10.3. The van der Waals surface area contributed by atoms with E-state index in [2.05, 4.69) is 20.6 Å². The van der Waals surface area contributed by atoms with Crippen LogP contribution in [0.3, 0.4) is 0 Å². The molecule has 1 amide bonds. The van der Waals surface area contributed by atoms with Crippen molar-refractivity contribution in [1.29, 1.82) is 5.41 Å². The molecule has 1 aliphatic rings. The van der Waals surface area contributed by atoms with E-state index >= 15 is 0 Å². The van der Waals surface area contributed by atoms with Gasteiger partial charge in [0.25, 0.3) is 5.91 Å². The summed E-state index contributed by atoms with van der Waals surface area (Å²) in [6, 6.07) is 23.5. The van der Waals surface area contributed by atoms with E-state index < -0.39 is 5.25 Å². The Morgan fingerprint density at radius 1 is 1.09 bits per heavy atom. The predicted molar refractivity (Wildman–Crippen MR) is 136 cm³/mol. The third kappa shape index (κ3) is 5.81. The number of thioether (sulfide) groups is 1. The summed E-state index contributed by atoms with van der Waals surface area (Å²) in [5.74, 6) is 0.633. The molecule has 3 aromatic carbocycles. The lowest BCUT2D eigenvalue weighted by Crippen LogP contribution is -2.31. The Hall–Kier alpha value is -3.69. The number of benzene rings is 3. The van der Waals surface area contributed by atoms with Crippen LogP contribution in [-0.2, 0) is 4.79 Å². The molecule has 0 aromatic heterocycles. The lowest BCUT2D eigenvalue weighted by atomic mass is 10.2. The van der Waals surface area contributed by atoms with E-state index in [1.165, 1.54) is 0 Å². The van der Waals surface area contributed by atoms with Gasteiger partial charge in [0.1, 0.15) is 11.0 Å². The van der Waals surface area contributed by atoms with Crippen LogP contribution in [0.4, 0.5) is 11.4 Å². The maximum atomic E-state index is 13.0. The fourth-order valence-electron chi connectivity index (χ4n) is 3.04.